The minimum Gasteiger partial charge on any atom is -0.396 e. The van der Waals surface area contributed by atoms with Crippen molar-refractivity contribution in [2.24, 2.45) is 5.92 Å². The summed E-state index contributed by atoms with van der Waals surface area (Å²) < 4.78 is 0. The zero-order valence-corrected chi connectivity index (χ0v) is 9.63. The largest absolute Gasteiger partial charge is 0.396 e. The van der Waals surface area contributed by atoms with E-state index in [9.17, 15) is 0 Å². The van der Waals surface area contributed by atoms with E-state index in [1.807, 2.05) is 0 Å². The van der Waals surface area contributed by atoms with Gasteiger partial charge in [0.2, 0.25) is 0 Å². The van der Waals surface area contributed by atoms with Gasteiger partial charge in [-0.1, -0.05) is 26.7 Å². The number of aliphatic hydroxyl groups excluding tert-OH is 1. The van der Waals surface area contributed by atoms with Crippen molar-refractivity contribution in [2.75, 3.05) is 6.61 Å². The molecule has 2 nitrogen and oxygen atoms in total. The van der Waals surface area contributed by atoms with E-state index in [0.717, 1.165) is 24.8 Å². The maximum atomic E-state index is 8.92. The van der Waals surface area contributed by atoms with Gasteiger partial charge in [-0.05, 0) is 31.6 Å². The van der Waals surface area contributed by atoms with Crippen molar-refractivity contribution >= 4 is 0 Å². The average molecular weight is 199 g/mol. The maximum Gasteiger partial charge on any atom is 0.0445 e. The van der Waals surface area contributed by atoms with Crippen molar-refractivity contribution < 1.29 is 5.11 Å². The predicted octanol–water partition coefficient (Wildman–Crippen LogP) is 2.32. The smallest absolute Gasteiger partial charge is 0.0445 e. The SMILES string of the molecule is CCC(CCO)NC1CCCC1CC. The van der Waals surface area contributed by atoms with Crippen LogP contribution in [0.1, 0.15) is 52.4 Å². The Labute approximate surface area is 88.1 Å². The van der Waals surface area contributed by atoms with Crippen LogP contribution in [-0.4, -0.2) is 23.8 Å². The second kappa shape index (κ2) is 6.41. The van der Waals surface area contributed by atoms with Crippen LogP contribution in [0, 0.1) is 5.92 Å². The summed E-state index contributed by atoms with van der Waals surface area (Å²) in [5, 5.41) is 12.6. The van der Waals surface area contributed by atoms with Crippen LogP contribution in [0.25, 0.3) is 0 Å². The van der Waals surface area contributed by atoms with Crippen LogP contribution >= 0.6 is 0 Å². The minimum atomic E-state index is 0.315. The molecule has 0 saturated heterocycles. The number of aliphatic hydroxyl groups is 1. The molecule has 0 aliphatic heterocycles. The summed E-state index contributed by atoms with van der Waals surface area (Å²) in [5.74, 6) is 0.878. The number of hydrogen-bond donors (Lipinski definition) is 2. The van der Waals surface area contributed by atoms with Gasteiger partial charge in [0.1, 0.15) is 0 Å². The molecule has 84 valence electrons. The molecule has 0 aromatic heterocycles. The zero-order chi connectivity index (χ0) is 10.4. The average Bonchev–Trinajstić information content (AvgIpc) is 2.64. The Morgan fingerprint density at radius 2 is 2.14 bits per heavy atom. The summed E-state index contributed by atoms with van der Waals surface area (Å²) in [6.07, 6.45) is 7.44. The lowest BCUT2D eigenvalue weighted by molar-refractivity contribution is 0.246. The highest BCUT2D eigenvalue weighted by Gasteiger charge is 2.26. The number of rotatable bonds is 6. The zero-order valence-electron chi connectivity index (χ0n) is 9.63. The Balaban J connectivity index is 2.32. The Kier molecular flexibility index (Phi) is 5.49. The summed E-state index contributed by atoms with van der Waals surface area (Å²) in [7, 11) is 0. The van der Waals surface area contributed by atoms with Gasteiger partial charge >= 0.3 is 0 Å². The third kappa shape index (κ3) is 3.25. The molecule has 1 rings (SSSR count). The third-order valence-electron chi connectivity index (χ3n) is 3.60. The van der Waals surface area contributed by atoms with E-state index in [-0.39, 0.29) is 0 Å². The minimum absolute atomic E-state index is 0.315. The number of nitrogens with one attached hydrogen (secondary N) is 1. The summed E-state index contributed by atoms with van der Waals surface area (Å²) in [5.41, 5.74) is 0. The van der Waals surface area contributed by atoms with Gasteiger partial charge in [-0.2, -0.15) is 0 Å². The van der Waals surface area contributed by atoms with E-state index >= 15 is 0 Å². The molecule has 2 N–H and O–H groups in total. The van der Waals surface area contributed by atoms with E-state index in [4.69, 9.17) is 5.11 Å². The molecule has 3 atom stereocenters. The Morgan fingerprint density at radius 1 is 1.36 bits per heavy atom. The maximum absolute atomic E-state index is 8.92. The summed E-state index contributed by atoms with van der Waals surface area (Å²) in [6, 6.07) is 1.24. The van der Waals surface area contributed by atoms with Crippen LogP contribution in [0.2, 0.25) is 0 Å². The van der Waals surface area contributed by atoms with Crippen molar-refractivity contribution in [3.8, 4) is 0 Å². The highest BCUT2D eigenvalue weighted by molar-refractivity contribution is 4.84. The fraction of sp³-hybridized carbons (Fsp3) is 1.00. The second-order valence-corrected chi connectivity index (χ2v) is 4.49. The molecular weight excluding hydrogens is 174 g/mol. The Morgan fingerprint density at radius 3 is 2.71 bits per heavy atom. The van der Waals surface area contributed by atoms with Gasteiger partial charge in [0.05, 0.1) is 0 Å². The van der Waals surface area contributed by atoms with Crippen molar-refractivity contribution in [3.63, 3.8) is 0 Å². The molecule has 0 spiro atoms. The molecule has 0 amide bonds. The summed E-state index contributed by atoms with van der Waals surface area (Å²) in [4.78, 5) is 0. The van der Waals surface area contributed by atoms with Crippen molar-refractivity contribution in [1.29, 1.82) is 0 Å². The molecule has 1 aliphatic carbocycles. The predicted molar refractivity (Wildman–Crippen MR) is 60.3 cm³/mol. The van der Waals surface area contributed by atoms with E-state index in [2.05, 4.69) is 19.2 Å². The number of hydrogen-bond acceptors (Lipinski definition) is 2. The van der Waals surface area contributed by atoms with Crippen LogP contribution in [0.15, 0.2) is 0 Å². The second-order valence-electron chi connectivity index (χ2n) is 4.49. The first-order valence-corrected chi connectivity index (χ1v) is 6.18. The van der Waals surface area contributed by atoms with Crippen LogP contribution in [-0.2, 0) is 0 Å². The first kappa shape index (κ1) is 12.0. The van der Waals surface area contributed by atoms with E-state index in [1.54, 1.807) is 0 Å². The monoisotopic (exact) mass is 199 g/mol. The van der Waals surface area contributed by atoms with Crippen molar-refractivity contribution in [3.05, 3.63) is 0 Å². The van der Waals surface area contributed by atoms with Gasteiger partial charge in [0, 0.05) is 18.7 Å². The third-order valence-corrected chi connectivity index (χ3v) is 3.60. The van der Waals surface area contributed by atoms with Gasteiger partial charge in [0.15, 0.2) is 0 Å². The van der Waals surface area contributed by atoms with Crippen molar-refractivity contribution in [2.45, 2.75) is 64.5 Å². The molecular formula is C12H25NO. The molecule has 0 bridgehead atoms. The molecule has 2 heteroatoms. The van der Waals surface area contributed by atoms with Crippen LogP contribution < -0.4 is 5.32 Å². The molecule has 0 heterocycles. The Bertz CT molecular complexity index is 149. The van der Waals surface area contributed by atoms with Crippen molar-refractivity contribution in [1.82, 2.24) is 5.32 Å². The molecule has 0 aromatic rings. The van der Waals surface area contributed by atoms with Crippen LogP contribution in [0.3, 0.4) is 0 Å². The quantitative estimate of drug-likeness (QED) is 0.688. The molecule has 1 fully saturated rings. The van der Waals surface area contributed by atoms with Gasteiger partial charge < -0.3 is 10.4 Å². The van der Waals surface area contributed by atoms with Crippen LogP contribution in [0.4, 0.5) is 0 Å². The van der Waals surface area contributed by atoms with E-state index in [0.29, 0.717) is 12.6 Å². The highest BCUT2D eigenvalue weighted by Crippen LogP contribution is 2.28. The topological polar surface area (TPSA) is 32.3 Å². The van der Waals surface area contributed by atoms with E-state index in [1.165, 1.54) is 25.7 Å². The molecule has 3 unspecified atom stereocenters. The first-order valence-electron chi connectivity index (χ1n) is 6.18. The summed E-state index contributed by atoms with van der Waals surface area (Å²) in [6.45, 7) is 4.80. The molecule has 14 heavy (non-hydrogen) atoms. The Hall–Kier alpha value is -0.0800. The fourth-order valence-electron chi connectivity index (χ4n) is 2.61. The lowest BCUT2D eigenvalue weighted by atomic mass is 9.99. The first-order chi connectivity index (χ1) is 6.81. The summed E-state index contributed by atoms with van der Waals surface area (Å²) >= 11 is 0. The fourth-order valence-corrected chi connectivity index (χ4v) is 2.61. The van der Waals surface area contributed by atoms with Gasteiger partial charge in [-0.3, -0.25) is 0 Å². The highest BCUT2D eigenvalue weighted by atomic mass is 16.3. The normalized spacial score (nSPS) is 29.4. The molecule has 0 radical (unpaired) electrons. The van der Waals surface area contributed by atoms with Gasteiger partial charge in [-0.15, -0.1) is 0 Å². The van der Waals surface area contributed by atoms with Crippen LogP contribution in [0.5, 0.6) is 0 Å². The lowest BCUT2D eigenvalue weighted by Gasteiger charge is -2.25. The lowest BCUT2D eigenvalue weighted by Crippen LogP contribution is -2.40. The van der Waals surface area contributed by atoms with E-state index < -0.39 is 0 Å². The van der Waals surface area contributed by atoms with Gasteiger partial charge in [0.25, 0.3) is 0 Å². The van der Waals surface area contributed by atoms with Gasteiger partial charge in [-0.25, -0.2) is 0 Å². The molecule has 1 saturated carbocycles. The molecule has 0 aromatic carbocycles. The molecule has 1 aliphatic rings. The standard InChI is InChI=1S/C12H25NO/c1-3-10-6-5-7-12(10)13-11(4-2)8-9-14/h10-14H,3-9H2,1-2H3.